The lowest BCUT2D eigenvalue weighted by molar-refractivity contribution is -0.151. The molecule has 100 valence electrons. The molecule has 4 nitrogen and oxygen atoms in total. The molecule has 0 amide bonds. The number of ether oxygens (including phenoxy) is 1. The van der Waals surface area contributed by atoms with Gasteiger partial charge < -0.3 is 15.0 Å². The molecule has 0 aromatic carbocycles. The Morgan fingerprint density at radius 3 is 2.35 bits per heavy atom. The van der Waals surface area contributed by atoms with E-state index in [0.717, 1.165) is 19.6 Å². The Bertz CT molecular complexity index is 238. The molecule has 1 rings (SSSR count). The molecular weight excluding hydrogens is 216 g/mol. The van der Waals surface area contributed by atoms with Gasteiger partial charge in [-0.3, -0.25) is 4.79 Å². The largest absolute Gasteiger partial charge is 0.465 e. The molecule has 1 N–H and O–H groups in total. The number of likely N-dealkylation sites (N-methyl/N-ethyl adjacent to an activating group) is 1. The van der Waals surface area contributed by atoms with Crippen LogP contribution in [-0.2, 0) is 9.53 Å². The molecule has 1 unspecified atom stereocenters. The molecule has 1 heterocycles. The third-order valence-corrected chi connectivity index (χ3v) is 3.52. The number of hydrogen-bond donors (Lipinski definition) is 1. The zero-order valence-corrected chi connectivity index (χ0v) is 11.4. The second-order valence-corrected chi connectivity index (χ2v) is 4.99. The molecule has 1 aliphatic heterocycles. The van der Waals surface area contributed by atoms with Gasteiger partial charge in [-0.05, 0) is 46.8 Å². The minimum atomic E-state index is -0.583. The van der Waals surface area contributed by atoms with Crippen LogP contribution < -0.4 is 5.32 Å². The lowest BCUT2D eigenvalue weighted by atomic mass is 10.0. The van der Waals surface area contributed by atoms with Crippen LogP contribution in [-0.4, -0.2) is 49.7 Å². The van der Waals surface area contributed by atoms with Gasteiger partial charge in [-0.25, -0.2) is 0 Å². The van der Waals surface area contributed by atoms with E-state index in [1.54, 1.807) is 0 Å². The zero-order chi connectivity index (χ0) is 12.7. The van der Waals surface area contributed by atoms with Gasteiger partial charge in [-0.1, -0.05) is 12.8 Å². The summed E-state index contributed by atoms with van der Waals surface area (Å²) in [4.78, 5) is 14.3. The fourth-order valence-electron chi connectivity index (χ4n) is 2.28. The van der Waals surface area contributed by atoms with Gasteiger partial charge in [0, 0.05) is 6.54 Å². The minimum absolute atomic E-state index is 0.147. The van der Waals surface area contributed by atoms with Gasteiger partial charge >= 0.3 is 5.97 Å². The summed E-state index contributed by atoms with van der Waals surface area (Å²) in [5.41, 5.74) is -0.583. The summed E-state index contributed by atoms with van der Waals surface area (Å²) in [7, 11) is 1.83. The van der Waals surface area contributed by atoms with Gasteiger partial charge in [0.05, 0.1) is 6.61 Å². The van der Waals surface area contributed by atoms with Crippen LogP contribution in [0.4, 0.5) is 0 Å². The van der Waals surface area contributed by atoms with Crippen LogP contribution >= 0.6 is 0 Å². The van der Waals surface area contributed by atoms with Crippen molar-refractivity contribution < 1.29 is 9.53 Å². The Morgan fingerprint density at radius 1 is 1.29 bits per heavy atom. The van der Waals surface area contributed by atoms with Crippen molar-refractivity contribution in [1.82, 2.24) is 10.2 Å². The summed E-state index contributed by atoms with van der Waals surface area (Å²) in [6, 6.07) is 0. The number of esters is 1. The zero-order valence-electron chi connectivity index (χ0n) is 11.4. The van der Waals surface area contributed by atoms with Crippen LogP contribution in [0.2, 0.25) is 0 Å². The van der Waals surface area contributed by atoms with Crippen molar-refractivity contribution in [2.24, 2.45) is 0 Å². The molecule has 0 bridgehead atoms. The van der Waals surface area contributed by atoms with Crippen LogP contribution in [0.25, 0.3) is 0 Å². The first-order valence-corrected chi connectivity index (χ1v) is 6.71. The molecule has 1 fully saturated rings. The summed E-state index contributed by atoms with van der Waals surface area (Å²) in [5, 5.41) is 3.11. The van der Waals surface area contributed by atoms with Crippen molar-refractivity contribution in [2.45, 2.75) is 45.1 Å². The average Bonchev–Trinajstić information content (AvgIpc) is 2.57. The summed E-state index contributed by atoms with van der Waals surface area (Å²) in [6.07, 6.45) is 5.10. The first kappa shape index (κ1) is 14.5. The molecule has 1 atom stereocenters. The molecule has 0 aromatic heterocycles. The van der Waals surface area contributed by atoms with Gasteiger partial charge in [0.25, 0.3) is 0 Å². The van der Waals surface area contributed by atoms with Gasteiger partial charge in [0.15, 0.2) is 0 Å². The molecule has 0 spiro atoms. The smallest absolute Gasteiger partial charge is 0.327 e. The normalized spacial score (nSPS) is 21.6. The van der Waals surface area contributed by atoms with Gasteiger partial charge in [-0.2, -0.15) is 0 Å². The number of carbonyl (C=O) groups excluding carboxylic acids is 1. The Morgan fingerprint density at radius 2 is 1.88 bits per heavy atom. The second-order valence-electron chi connectivity index (χ2n) is 4.99. The maximum absolute atomic E-state index is 11.9. The standard InChI is InChI=1S/C13H26N2O2/c1-4-17-12(16)13(2,14-3)11-15-9-7-5-6-8-10-15/h14H,4-11H2,1-3H3. The molecular formula is C13H26N2O2. The summed E-state index contributed by atoms with van der Waals surface area (Å²) in [6.45, 7) is 7.14. The molecule has 1 saturated heterocycles. The highest BCUT2D eigenvalue weighted by atomic mass is 16.5. The van der Waals surface area contributed by atoms with E-state index in [2.05, 4.69) is 10.2 Å². The number of nitrogens with zero attached hydrogens (tertiary/aromatic N) is 1. The van der Waals surface area contributed by atoms with E-state index in [1.807, 2.05) is 20.9 Å². The van der Waals surface area contributed by atoms with Gasteiger partial charge in [-0.15, -0.1) is 0 Å². The fourth-order valence-corrected chi connectivity index (χ4v) is 2.28. The third kappa shape index (κ3) is 4.28. The molecule has 0 radical (unpaired) electrons. The van der Waals surface area contributed by atoms with Crippen LogP contribution in [0.1, 0.15) is 39.5 Å². The Hall–Kier alpha value is -0.610. The third-order valence-electron chi connectivity index (χ3n) is 3.52. The highest BCUT2D eigenvalue weighted by Crippen LogP contribution is 2.14. The van der Waals surface area contributed by atoms with Crippen molar-refractivity contribution in [3.8, 4) is 0 Å². The molecule has 4 heteroatoms. The average molecular weight is 242 g/mol. The number of hydrogen-bond acceptors (Lipinski definition) is 4. The van der Waals surface area contributed by atoms with E-state index in [-0.39, 0.29) is 5.97 Å². The molecule has 0 aromatic rings. The summed E-state index contributed by atoms with van der Waals surface area (Å²) >= 11 is 0. The van der Waals surface area contributed by atoms with E-state index in [4.69, 9.17) is 4.74 Å². The molecule has 17 heavy (non-hydrogen) atoms. The van der Waals surface area contributed by atoms with Crippen molar-refractivity contribution >= 4 is 5.97 Å². The number of carbonyl (C=O) groups is 1. The maximum Gasteiger partial charge on any atom is 0.327 e. The minimum Gasteiger partial charge on any atom is -0.465 e. The predicted molar refractivity (Wildman–Crippen MR) is 69.0 cm³/mol. The fraction of sp³-hybridized carbons (Fsp3) is 0.923. The lowest BCUT2D eigenvalue weighted by Gasteiger charge is -2.32. The lowest BCUT2D eigenvalue weighted by Crippen LogP contribution is -2.56. The van der Waals surface area contributed by atoms with Gasteiger partial charge in [0.1, 0.15) is 5.54 Å². The number of rotatable bonds is 5. The van der Waals surface area contributed by atoms with Crippen molar-refractivity contribution in [1.29, 1.82) is 0 Å². The number of likely N-dealkylation sites (tertiary alicyclic amines) is 1. The van der Waals surface area contributed by atoms with E-state index < -0.39 is 5.54 Å². The molecule has 0 aliphatic carbocycles. The highest BCUT2D eigenvalue weighted by molar-refractivity contribution is 5.80. The highest BCUT2D eigenvalue weighted by Gasteiger charge is 2.35. The first-order valence-electron chi connectivity index (χ1n) is 6.71. The van der Waals surface area contributed by atoms with Crippen molar-refractivity contribution in [2.75, 3.05) is 33.3 Å². The monoisotopic (exact) mass is 242 g/mol. The SMILES string of the molecule is CCOC(=O)C(C)(CN1CCCCCC1)NC. The second kappa shape index (κ2) is 6.97. The van der Waals surface area contributed by atoms with Crippen LogP contribution in [0, 0.1) is 0 Å². The van der Waals surface area contributed by atoms with Crippen molar-refractivity contribution in [3.63, 3.8) is 0 Å². The van der Waals surface area contributed by atoms with Gasteiger partial charge in [0.2, 0.25) is 0 Å². The predicted octanol–water partition coefficient (Wildman–Crippen LogP) is 1.40. The number of nitrogens with one attached hydrogen (secondary N) is 1. The Balaban J connectivity index is 2.56. The van der Waals surface area contributed by atoms with E-state index in [1.165, 1.54) is 25.7 Å². The Labute approximate surface area is 105 Å². The topological polar surface area (TPSA) is 41.6 Å². The molecule has 0 saturated carbocycles. The summed E-state index contributed by atoms with van der Waals surface area (Å²) in [5.74, 6) is -0.147. The summed E-state index contributed by atoms with van der Waals surface area (Å²) < 4.78 is 5.14. The van der Waals surface area contributed by atoms with E-state index >= 15 is 0 Å². The molecule has 1 aliphatic rings. The van der Waals surface area contributed by atoms with E-state index in [9.17, 15) is 4.79 Å². The van der Waals surface area contributed by atoms with Crippen molar-refractivity contribution in [3.05, 3.63) is 0 Å². The quantitative estimate of drug-likeness (QED) is 0.740. The van der Waals surface area contributed by atoms with Crippen LogP contribution in [0.3, 0.4) is 0 Å². The van der Waals surface area contributed by atoms with Crippen LogP contribution in [0.5, 0.6) is 0 Å². The van der Waals surface area contributed by atoms with Crippen LogP contribution in [0.15, 0.2) is 0 Å². The van der Waals surface area contributed by atoms with E-state index in [0.29, 0.717) is 6.61 Å². The first-order chi connectivity index (χ1) is 8.12. The Kier molecular flexibility index (Phi) is 5.92. The maximum atomic E-state index is 11.9.